The molecule has 0 spiro atoms. The summed E-state index contributed by atoms with van der Waals surface area (Å²) in [6, 6.07) is 31.5. The van der Waals surface area contributed by atoms with Gasteiger partial charge in [0.2, 0.25) is 0 Å². The molecule has 0 amide bonds. The van der Waals surface area contributed by atoms with E-state index < -0.39 is 0 Å². The normalized spacial score (nSPS) is 10.8. The van der Waals surface area contributed by atoms with Crippen molar-refractivity contribution in [3.63, 3.8) is 0 Å². The first-order valence-electron chi connectivity index (χ1n) is 7.75. The minimum Gasteiger partial charge on any atom is -0.399 e. The van der Waals surface area contributed by atoms with E-state index in [1.807, 2.05) is 18.2 Å². The fourth-order valence-corrected chi connectivity index (χ4v) is 3.08. The molecule has 0 heterocycles. The molecule has 4 aromatic rings. The minimum atomic E-state index is 0.786. The van der Waals surface area contributed by atoms with E-state index in [4.69, 9.17) is 5.73 Å². The van der Waals surface area contributed by atoms with Gasteiger partial charge in [-0.05, 0) is 51.2 Å². The Labute approximate surface area is 136 Å². The monoisotopic (exact) mass is 295 g/mol. The smallest absolute Gasteiger partial charge is 0.0326 e. The molecule has 1 heteroatoms. The molecule has 0 saturated heterocycles. The lowest BCUT2D eigenvalue weighted by Crippen LogP contribution is -1.89. The van der Waals surface area contributed by atoms with Crippen molar-refractivity contribution in [2.24, 2.45) is 0 Å². The highest BCUT2D eigenvalue weighted by Gasteiger charge is 2.07. The van der Waals surface area contributed by atoms with Gasteiger partial charge in [-0.2, -0.15) is 0 Å². The van der Waals surface area contributed by atoms with Crippen LogP contribution >= 0.6 is 0 Å². The van der Waals surface area contributed by atoms with Crippen LogP contribution in [0.1, 0.15) is 0 Å². The van der Waals surface area contributed by atoms with Crippen molar-refractivity contribution in [1.82, 2.24) is 0 Å². The number of nitrogen functional groups attached to an aromatic ring is 1. The second-order valence-electron chi connectivity index (χ2n) is 5.74. The summed E-state index contributed by atoms with van der Waals surface area (Å²) in [6.07, 6.45) is 0. The maximum absolute atomic E-state index is 6.18. The lowest BCUT2D eigenvalue weighted by molar-refractivity contribution is 1.60. The van der Waals surface area contributed by atoms with Crippen molar-refractivity contribution >= 4 is 16.5 Å². The van der Waals surface area contributed by atoms with Gasteiger partial charge >= 0.3 is 0 Å². The first-order chi connectivity index (χ1) is 11.3. The number of anilines is 1. The molecule has 0 aliphatic rings. The van der Waals surface area contributed by atoms with Crippen LogP contribution in [-0.2, 0) is 0 Å². The summed E-state index contributed by atoms with van der Waals surface area (Å²) in [6.45, 7) is 0. The number of fused-ring (bicyclic) bond motifs is 1. The third kappa shape index (κ3) is 2.58. The number of benzene rings is 4. The molecule has 23 heavy (non-hydrogen) atoms. The first-order valence-corrected chi connectivity index (χ1v) is 7.75. The molecule has 0 saturated carbocycles. The minimum absolute atomic E-state index is 0.786. The first kappa shape index (κ1) is 13.6. The van der Waals surface area contributed by atoms with E-state index in [0.29, 0.717) is 0 Å². The summed E-state index contributed by atoms with van der Waals surface area (Å²) >= 11 is 0. The number of hydrogen-bond donors (Lipinski definition) is 1. The van der Waals surface area contributed by atoms with Crippen molar-refractivity contribution in [2.75, 3.05) is 5.73 Å². The largest absolute Gasteiger partial charge is 0.399 e. The highest BCUT2D eigenvalue weighted by Crippen LogP contribution is 2.33. The summed E-state index contributed by atoms with van der Waals surface area (Å²) in [5, 5.41) is 2.49. The topological polar surface area (TPSA) is 26.0 Å². The van der Waals surface area contributed by atoms with Crippen LogP contribution in [0.4, 0.5) is 5.69 Å². The molecule has 0 radical (unpaired) electrons. The Morgan fingerprint density at radius 3 is 2.09 bits per heavy atom. The van der Waals surface area contributed by atoms with Gasteiger partial charge in [-0.15, -0.1) is 0 Å². The molecular weight excluding hydrogens is 278 g/mol. The van der Waals surface area contributed by atoms with E-state index in [1.165, 1.54) is 21.9 Å². The second kappa shape index (κ2) is 5.62. The quantitative estimate of drug-likeness (QED) is 0.468. The maximum Gasteiger partial charge on any atom is 0.0326 e. The van der Waals surface area contributed by atoms with Gasteiger partial charge in [0.1, 0.15) is 0 Å². The lowest BCUT2D eigenvalue weighted by atomic mass is 9.94. The molecule has 4 aromatic carbocycles. The maximum atomic E-state index is 6.18. The van der Waals surface area contributed by atoms with Crippen LogP contribution in [0.25, 0.3) is 33.0 Å². The Morgan fingerprint density at radius 2 is 1.22 bits per heavy atom. The highest BCUT2D eigenvalue weighted by atomic mass is 14.5. The Balaban J connectivity index is 1.94. The zero-order valence-electron chi connectivity index (χ0n) is 12.7. The molecule has 0 aromatic heterocycles. The average molecular weight is 295 g/mol. The third-order valence-corrected chi connectivity index (χ3v) is 4.16. The second-order valence-corrected chi connectivity index (χ2v) is 5.74. The molecular formula is C22H17N. The zero-order valence-corrected chi connectivity index (χ0v) is 12.7. The Kier molecular flexibility index (Phi) is 3.32. The molecule has 110 valence electrons. The summed E-state index contributed by atoms with van der Waals surface area (Å²) in [7, 11) is 0. The van der Waals surface area contributed by atoms with E-state index in [-0.39, 0.29) is 0 Å². The van der Waals surface area contributed by atoms with Gasteiger partial charge in [-0.3, -0.25) is 0 Å². The van der Waals surface area contributed by atoms with Gasteiger partial charge in [0.25, 0.3) is 0 Å². The van der Waals surface area contributed by atoms with Crippen LogP contribution in [-0.4, -0.2) is 0 Å². The number of rotatable bonds is 2. The molecule has 0 unspecified atom stereocenters. The molecule has 2 N–H and O–H groups in total. The van der Waals surface area contributed by atoms with Crippen LogP contribution in [0.3, 0.4) is 0 Å². The van der Waals surface area contributed by atoms with Gasteiger partial charge in [-0.25, -0.2) is 0 Å². The van der Waals surface area contributed by atoms with Crippen LogP contribution < -0.4 is 5.73 Å². The Hall–Kier alpha value is -3.06. The zero-order chi connectivity index (χ0) is 15.6. The van der Waals surface area contributed by atoms with Gasteiger partial charge < -0.3 is 5.73 Å². The van der Waals surface area contributed by atoms with Crippen molar-refractivity contribution in [2.45, 2.75) is 0 Å². The van der Waals surface area contributed by atoms with Crippen LogP contribution in [0.15, 0.2) is 91.0 Å². The van der Waals surface area contributed by atoms with Crippen molar-refractivity contribution in [3.05, 3.63) is 91.0 Å². The van der Waals surface area contributed by atoms with Crippen molar-refractivity contribution in [1.29, 1.82) is 0 Å². The van der Waals surface area contributed by atoms with Crippen LogP contribution in [0.2, 0.25) is 0 Å². The molecule has 4 rings (SSSR count). The molecule has 0 fully saturated rings. The molecule has 1 nitrogen and oxygen atoms in total. The molecule has 0 atom stereocenters. The number of nitrogens with two attached hydrogens (primary N) is 1. The fourth-order valence-electron chi connectivity index (χ4n) is 3.08. The van der Waals surface area contributed by atoms with Gasteiger partial charge in [0.15, 0.2) is 0 Å². The highest BCUT2D eigenvalue weighted by molar-refractivity contribution is 5.97. The summed E-state index contributed by atoms with van der Waals surface area (Å²) in [5.74, 6) is 0. The predicted molar refractivity (Wildman–Crippen MR) is 99.2 cm³/mol. The number of hydrogen-bond acceptors (Lipinski definition) is 1. The lowest BCUT2D eigenvalue weighted by Gasteiger charge is -2.11. The fraction of sp³-hybridized carbons (Fsp3) is 0. The van der Waals surface area contributed by atoms with Crippen LogP contribution in [0.5, 0.6) is 0 Å². The van der Waals surface area contributed by atoms with Crippen molar-refractivity contribution in [3.8, 4) is 22.3 Å². The van der Waals surface area contributed by atoms with E-state index in [1.54, 1.807) is 0 Å². The van der Waals surface area contributed by atoms with E-state index in [2.05, 4.69) is 72.8 Å². The summed E-state index contributed by atoms with van der Waals surface area (Å²) < 4.78 is 0. The van der Waals surface area contributed by atoms with E-state index in [9.17, 15) is 0 Å². The van der Waals surface area contributed by atoms with Crippen LogP contribution in [0, 0.1) is 0 Å². The molecule has 0 aliphatic heterocycles. The Bertz CT molecular complexity index is 966. The van der Waals surface area contributed by atoms with E-state index >= 15 is 0 Å². The Morgan fingerprint density at radius 1 is 0.522 bits per heavy atom. The average Bonchev–Trinajstić information content (AvgIpc) is 2.61. The summed E-state index contributed by atoms with van der Waals surface area (Å²) in [4.78, 5) is 0. The van der Waals surface area contributed by atoms with Crippen molar-refractivity contribution < 1.29 is 0 Å². The van der Waals surface area contributed by atoms with E-state index in [0.717, 1.165) is 16.8 Å². The van der Waals surface area contributed by atoms with Gasteiger partial charge in [0, 0.05) is 5.69 Å². The van der Waals surface area contributed by atoms with Gasteiger partial charge in [0.05, 0.1) is 0 Å². The predicted octanol–water partition coefficient (Wildman–Crippen LogP) is 5.76. The third-order valence-electron chi connectivity index (χ3n) is 4.16. The molecule has 0 aliphatic carbocycles. The molecule has 0 bridgehead atoms. The summed E-state index contributed by atoms with van der Waals surface area (Å²) in [5.41, 5.74) is 11.7. The standard InChI is InChI=1S/C22H17N/c23-20-14-18(16-7-2-1-3-8-16)13-19(15-20)22-12-6-10-17-9-4-5-11-21(17)22/h1-15H,23H2. The SMILES string of the molecule is Nc1cc(-c2ccccc2)cc(-c2cccc3ccccc23)c1. The van der Waals surface area contributed by atoms with Gasteiger partial charge in [-0.1, -0.05) is 72.8 Å².